The van der Waals surface area contributed by atoms with Crippen molar-refractivity contribution in [2.24, 2.45) is 0 Å². The van der Waals surface area contributed by atoms with Gasteiger partial charge in [0.1, 0.15) is 6.04 Å². The zero-order valence-corrected chi connectivity index (χ0v) is 12.9. The van der Waals surface area contributed by atoms with Crippen LogP contribution < -0.4 is 10.6 Å². The predicted molar refractivity (Wildman–Crippen MR) is 81.3 cm³/mol. The minimum Gasteiger partial charge on any atom is -0.451 e. The molecular formula is C16H20N2O4. The number of amides is 2. The van der Waals surface area contributed by atoms with Gasteiger partial charge in [0.2, 0.25) is 5.91 Å². The Labute approximate surface area is 129 Å². The van der Waals surface area contributed by atoms with Gasteiger partial charge in [-0.25, -0.2) is 4.79 Å². The molecule has 2 N–H and O–H groups in total. The largest absolute Gasteiger partial charge is 0.451 e. The van der Waals surface area contributed by atoms with Gasteiger partial charge < -0.3 is 15.4 Å². The second kappa shape index (κ2) is 6.60. The van der Waals surface area contributed by atoms with Gasteiger partial charge in [0.05, 0.1) is 0 Å². The Morgan fingerprint density at radius 2 is 1.95 bits per heavy atom. The minimum absolute atomic E-state index is 0.172. The first-order chi connectivity index (χ1) is 10.4. The van der Waals surface area contributed by atoms with E-state index in [1.807, 2.05) is 32.0 Å². The summed E-state index contributed by atoms with van der Waals surface area (Å²) in [5.74, 6) is -1.14. The van der Waals surface area contributed by atoms with Crippen molar-refractivity contribution in [2.75, 3.05) is 5.32 Å². The molecule has 1 aromatic rings. The average molecular weight is 304 g/mol. The van der Waals surface area contributed by atoms with E-state index in [4.69, 9.17) is 4.74 Å². The third-order valence-corrected chi connectivity index (χ3v) is 3.67. The van der Waals surface area contributed by atoms with Crippen LogP contribution in [0.4, 0.5) is 5.69 Å². The van der Waals surface area contributed by atoms with Gasteiger partial charge in [-0.05, 0) is 38.3 Å². The quantitative estimate of drug-likeness (QED) is 0.825. The molecule has 0 aromatic heterocycles. The number of ether oxygens (including phenoxy) is 1. The van der Waals surface area contributed by atoms with Crippen molar-refractivity contribution in [2.45, 2.75) is 45.8 Å². The van der Waals surface area contributed by atoms with E-state index in [-0.39, 0.29) is 5.91 Å². The van der Waals surface area contributed by atoms with Gasteiger partial charge in [-0.2, -0.15) is 0 Å². The summed E-state index contributed by atoms with van der Waals surface area (Å²) >= 11 is 0. The van der Waals surface area contributed by atoms with Gasteiger partial charge in [-0.1, -0.05) is 18.2 Å². The topological polar surface area (TPSA) is 84.5 Å². The molecule has 2 atom stereocenters. The van der Waals surface area contributed by atoms with E-state index in [2.05, 4.69) is 10.6 Å². The number of carbonyl (C=O) groups excluding carboxylic acids is 3. The first-order valence-electron chi connectivity index (χ1n) is 7.25. The van der Waals surface area contributed by atoms with Crippen LogP contribution in [0, 0.1) is 13.8 Å². The van der Waals surface area contributed by atoms with Crippen LogP contribution in [0.1, 0.15) is 30.9 Å². The van der Waals surface area contributed by atoms with Crippen LogP contribution >= 0.6 is 0 Å². The van der Waals surface area contributed by atoms with Gasteiger partial charge in [0, 0.05) is 12.1 Å². The molecular weight excluding hydrogens is 284 g/mol. The Balaban J connectivity index is 1.95. The van der Waals surface area contributed by atoms with Gasteiger partial charge in [-0.3, -0.25) is 9.59 Å². The third-order valence-electron chi connectivity index (χ3n) is 3.67. The summed E-state index contributed by atoms with van der Waals surface area (Å²) < 4.78 is 5.13. The fourth-order valence-electron chi connectivity index (χ4n) is 2.34. The Kier molecular flexibility index (Phi) is 4.80. The molecule has 1 fully saturated rings. The van der Waals surface area contributed by atoms with Gasteiger partial charge in [0.25, 0.3) is 5.91 Å². The van der Waals surface area contributed by atoms with Crippen LogP contribution in [0.5, 0.6) is 0 Å². The fourth-order valence-corrected chi connectivity index (χ4v) is 2.34. The van der Waals surface area contributed by atoms with Gasteiger partial charge in [0.15, 0.2) is 6.10 Å². The lowest BCUT2D eigenvalue weighted by molar-refractivity contribution is -0.155. The number of benzene rings is 1. The second-order valence-corrected chi connectivity index (χ2v) is 5.49. The number of para-hydroxylation sites is 1. The van der Waals surface area contributed by atoms with Gasteiger partial charge >= 0.3 is 5.97 Å². The standard InChI is InChI=1S/C16H20N2O4/c1-9-5-4-6-10(2)14(9)18-15(20)11(3)22-16(21)12-7-8-13(19)17-12/h4-6,11-12H,7-8H2,1-3H3,(H,17,19)(H,18,20)/t11-,12+/m1/s1. The molecule has 0 unspecified atom stereocenters. The second-order valence-electron chi connectivity index (χ2n) is 5.49. The summed E-state index contributed by atoms with van der Waals surface area (Å²) in [5.41, 5.74) is 2.61. The van der Waals surface area contributed by atoms with E-state index >= 15 is 0 Å². The highest BCUT2D eigenvalue weighted by atomic mass is 16.5. The zero-order chi connectivity index (χ0) is 16.3. The van der Waals surface area contributed by atoms with E-state index in [9.17, 15) is 14.4 Å². The number of hydrogen-bond donors (Lipinski definition) is 2. The first-order valence-corrected chi connectivity index (χ1v) is 7.25. The Hall–Kier alpha value is -2.37. The molecule has 0 saturated carbocycles. The van der Waals surface area contributed by atoms with Crippen LogP contribution in [0.25, 0.3) is 0 Å². The van der Waals surface area contributed by atoms with E-state index in [1.54, 1.807) is 0 Å². The van der Waals surface area contributed by atoms with Crippen molar-refractivity contribution in [1.82, 2.24) is 5.32 Å². The number of esters is 1. The number of carbonyl (C=O) groups is 3. The number of aryl methyl sites for hydroxylation is 2. The molecule has 2 rings (SSSR count). The molecule has 22 heavy (non-hydrogen) atoms. The summed E-state index contributed by atoms with van der Waals surface area (Å²) in [6.45, 7) is 5.30. The molecule has 118 valence electrons. The third kappa shape index (κ3) is 3.63. The first kappa shape index (κ1) is 16.0. The van der Waals surface area contributed by atoms with Crippen molar-refractivity contribution >= 4 is 23.5 Å². The van der Waals surface area contributed by atoms with E-state index in [1.165, 1.54) is 6.92 Å². The summed E-state index contributed by atoms with van der Waals surface area (Å²) in [7, 11) is 0. The summed E-state index contributed by atoms with van der Waals surface area (Å²) in [6, 6.07) is 5.05. The van der Waals surface area contributed by atoms with Crippen LogP contribution in [-0.2, 0) is 19.1 Å². The highest BCUT2D eigenvalue weighted by molar-refractivity contribution is 5.97. The Bertz CT molecular complexity index is 592. The summed E-state index contributed by atoms with van der Waals surface area (Å²) in [4.78, 5) is 35.1. The number of nitrogens with one attached hydrogen (secondary N) is 2. The molecule has 0 bridgehead atoms. The van der Waals surface area contributed by atoms with E-state index in [0.29, 0.717) is 12.8 Å². The molecule has 2 amide bonds. The zero-order valence-electron chi connectivity index (χ0n) is 12.9. The molecule has 6 heteroatoms. The molecule has 1 aromatic carbocycles. The Morgan fingerprint density at radius 1 is 1.32 bits per heavy atom. The van der Waals surface area contributed by atoms with Gasteiger partial charge in [-0.15, -0.1) is 0 Å². The molecule has 1 aliphatic heterocycles. The molecule has 0 radical (unpaired) electrons. The normalized spacial score (nSPS) is 18.5. The highest BCUT2D eigenvalue weighted by Gasteiger charge is 2.30. The lowest BCUT2D eigenvalue weighted by atomic mass is 10.1. The minimum atomic E-state index is -0.927. The maximum Gasteiger partial charge on any atom is 0.329 e. The number of hydrogen-bond acceptors (Lipinski definition) is 4. The van der Waals surface area contributed by atoms with Crippen molar-refractivity contribution in [3.63, 3.8) is 0 Å². The van der Waals surface area contributed by atoms with Crippen molar-refractivity contribution in [1.29, 1.82) is 0 Å². The maximum atomic E-state index is 12.2. The maximum absolute atomic E-state index is 12.2. The monoisotopic (exact) mass is 304 g/mol. The lowest BCUT2D eigenvalue weighted by Crippen LogP contribution is -2.39. The summed E-state index contributed by atoms with van der Waals surface area (Å²) in [6.07, 6.45) is -0.213. The number of rotatable bonds is 4. The highest BCUT2D eigenvalue weighted by Crippen LogP contribution is 2.20. The SMILES string of the molecule is Cc1cccc(C)c1NC(=O)[C@@H](C)OC(=O)[C@@H]1CCC(=O)N1. The molecule has 0 aliphatic carbocycles. The van der Waals surface area contributed by atoms with Crippen molar-refractivity contribution < 1.29 is 19.1 Å². The van der Waals surface area contributed by atoms with Crippen LogP contribution in [-0.4, -0.2) is 29.9 Å². The average Bonchev–Trinajstić information content (AvgIpc) is 2.89. The van der Waals surface area contributed by atoms with Crippen molar-refractivity contribution in [3.05, 3.63) is 29.3 Å². The van der Waals surface area contributed by atoms with E-state index in [0.717, 1.165) is 16.8 Å². The van der Waals surface area contributed by atoms with Crippen molar-refractivity contribution in [3.8, 4) is 0 Å². The van der Waals surface area contributed by atoms with Crippen LogP contribution in [0.2, 0.25) is 0 Å². The van der Waals surface area contributed by atoms with E-state index < -0.39 is 24.0 Å². The summed E-state index contributed by atoms with van der Waals surface area (Å²) in [5, 5.41) is 5.30. The molecule has 1 heterocycles. The van der Waals surface area contributed by atoms with Crippen LogP contribution in [0.3, 0.4) is 0 Å². The lowest BCUT2D eigenvalue weighted by Gasteiger charge is -2.18. The predicted octanol–water partition coefficient (Wildman–Crippen LogP) is 1.45. The smallest absolute Gasteiger partial charge is 0.329 e. The number of anilines is 1. The Morgan fingerprint density at radius 3 is 2.50 bits per heavy atom. The fraction of sp³-hybridized carbons (Fsp3) is 0.438. The molecule has 1 aliphatic rings. The van der Waals surface area contributed by atoms with Crippen LogP contribution in [0.15, 0.2) is 18.2 Å². The molecule has 6 nitrogen and oxygen atoms in total. The molecule has 1 saturated heterocycles. The molecule has 0 spiro atoms.